The van der Waals surface area contributed by atoms with Gasteiger partial charge >= 0.3 is 12.1 Å². The van der Waals surface area contributed by atoms with E-state index in [1.54, 1.807) is 49.9 Å². The predicted octanol–water partition coefficient (Wildman–Crippen LogP) is 4.05. The number of rotatable bonds is 7. The van der Waals surface area contributed by atoms with E-state index in [9.17, 15) is 18.0 Å². The summed E-state index contributed by atoms with van der Waals surface area (Å²) in [6.07, 6.45) is 1.06. The molecule has 2 aromatic rings. The number of benzene rings is 2. The summed E-state index contributed by atoms with van der Waals surface area (Å²) >= 11 is 0. The van der Waals surface area contributed by atoms with E-state index in [1.807, 2.05) is 0 Å². The van der Waals surface area contributed by atoms with Crippen LogP contribution in [-0.2, 0) is 19.5 Å². The van der Waals surface area contributed by atoms with E-state index in [1.165, 1.54) is 31.4 Å². The number of carbonyl (C=O) groups excluding carboxylic acids is 2. The molecule has 3 rings (SSSR count). The molecule has 184 valence electrons. The van der Waals surface area contributed by atoms with Gasteiger partial charge in [-0.2, -0.15) is 0 Å². The number of nitrogens with zero attached hydrogens (tertiary/aromatic N) is 1. The molecular formula is C24H30N2O7S. The van der Waals surface area contributed by atoms with Crippen LogP contribution < -0.4 is 9.46 Å². The van der Waals surface area contributed by atoms with Crippen molar-refractivity contribution in [3.63, 3.8) is 0 Å². The monoisotopic (exact) mass is 490 g/mol. The summed E-state index contributed by atoms with van der Waals surface area (Å²) in [5.74, 6) is -0.411. The summed E-state index contributed by atoms with van der Waals surface area (Å²) in [4.78, 5) is 26.6. The van der Waals surface area contributed by atoms with E-state index in [4.69, 9.17) is 14.2 Å². The number of esters is 1. The van der Waals surface area contributed by atoms with E-state index in [0.717, 1.165) is 6.42 Å². The third-order valence-corrected chi connectivity index (χ3v) is 6.54. The zero-order valence-electron chi connectivity index (χ0n) is 19.7. The van der Waals surface area contributed by atoms with Crippen molar-refractivity contribution in [1.82, 2.24) is 4.90 Å². The molecule has 1 aliphatic heterocycles. The van der Waals surface area contributed by atoms with Gasteiger partial charge in [0.25, 0.3) is 10.0 Å². The van der Waals surface area contributed by atoms with Crippen molar-refractivity contribution < 1.29 is 32.2 Å². The van der Waals surface area contributed by atoms with Gasteiger partial charge in [0.15, 0.2) is 0 Å². The maximum absolute atomic E-state index is 12.8. The Balaban J connectivity index is 1.65. The molecule has 2 aromatic carbocycles. The number of hydrogen-bond donors (Lipinski definition) is 1. The molecule has 1 fully saturated rings. The van der Waals surface area contributed by atoms with Crippen molar-refractivity contribution in [1.29, 1.82) is 0 Å². The number of carbonyl (C=O) groups is 2. The largest absolute Gasteiger partial charge is 0.495 e. The Morgan fingerprint density at radius 1 is 1.12 bits per heavy atom. The van der Waals surface area contributed by atoms with Crippen LogP contribution in [0.3, 0.4) is 0 Å². The molecule has 10 heteroatoms. The van der Waals surface area contributed by atoms with Gasteiger partial charge in [-0.05, 0) is 63.9 Å². The maximum atomic E-state index is 12.8. The van der Waals surface area contributed by atoms with Crippen LogP contribution in [0.15, 0.2) is 53.4 Å². The first kappa shape index (κ1) is 25.4. The molecule has 1 N–H and O–H groups in total. The Morgan fingerprint density at radius 3 is 2.56 bits per heavy atom. The average Bonchev–Trinajstić information content (AvgIpc) is 3.25. The number of nitrogens with one attached hydrogen (secondary N) is 1. The highest BCUT2D eigenvalue weighted by Gasteiger charge is 2.33. The molecule has 1 amide bonds. The Labute approximate surface area is 200 Å². The molecule has 0 radical (unpaired) electrons. The fourth-order valence-corrected chi connectivity index (χ4v) is 4.81. The number of anilines is 1. The quantitative estimate of drug-likeness (QED) is 0.583. The lowest BCUT2D eigenvalue weighted by Gasteiger charge is -2.28. The average molecular weight is 491 g/mol. The Hall–Kier alpha value is -3.27. The predicted molar refractivity (Wildman–Crippen MR) is 126 cm³/mol. The van der Waals surface area contributed by atoms with Crippen LogP contribution >= 0.6 is 0 Å². The van der Waals surface area contributed by atoms with Gasteiger partial charge in [0.2, 0.25) is 0 Å². The molecule has 34 heavy (non-hydrogen) atoms. The lowest BCUT2D eigenvalue weighted by molar-refractivity contribution is 0.0106. The number of para-hydroxylation sites is 1. The molecule has 0 aliphatic carbocycles. The van der Waals surface area contributed by atoms with E-state index in [-0.39, 0.29) is 34.5 Å². The van der Waals surface area contributed by atoms with E-state index in [2.05, 4.69) is 4.72 Å². The van der Waals surface area contributed by atoms with Crippen molar-refractivity contribution in [2.45, 2.75) is 50.2 Å². The van der Waals surface area contributed by atoms with Gasteiger partial charge in [-0.1, -0.05) is 18.2 Å². The first-order valence-electron chi connectivity index (χ1n) is 10.9. The minimum Gasteiger partial charge on any atom is -0.495 e. The third kappa shape index (κ3) is 6.40. The maximum Gasteiger partial charge on any atom is 0.410 e. The van der Waals surface area contributed by atoms with Crippen LogP contribution in [0.25, 0.3) is 0 Å². The highest BCUT2D eigenvalue weighted by Crippen LogP contribution is 2.26. The van der Waals surface area contributed by atoms with Crippen molar-refractivity contribution in [2.75, 3.05) is 25.0 Å². The minimum atomic E-state index is -3.94. The number of ether oxygens (including phenoxy) is 3. The smallest absolute Gasteiger partial charge is 0.410 e. The molecule has 0 spiro atoms. The summed E-state index contributed by atoms with van der Waals surface area (Å²) in [7, 11) is -2.55. The van der Waals surface area contributed by atoms with Gasteiger partial charge in [0.05, 0.1) is 18.7 Å². The Kier molecular flexibility index (Phi) is 7.71. The highest BCUT2D eigenvalue weighted by molar-refractivity contribution is 7.92. The van der Waals surface area contributed by atoms with Crippen LogP contribution in [0.4, 0.5) is 10.5 Å². The number of amides is 1. The third-order valence-electron chi connectivity index (χ3n) is 5.12. The molecule has 1 aliphatic rings. The summed E-state index contributed by atoms with van der Waals surface area (Å²) in [5, 5.41) is 0. The topological polar surface area (TPSA) is 111 Å². The van der Waals surface area contributed by atoms with E-state index < -0.39 is 27.7 Å². The number of hydrogen-bond acceptors (Lipinski definition) is 7. The van der Waals surface area contributed by atoms with Gasteiger partial charge in [0, 0.05) is 12.2 Å². The molecule has 0 unspecified atom stereocenters. The second kappa shape index (κ2) is 10.3. The van der Waals surface area contributed by atoms with Crippen LogP contribution in [0.5, 0.6) is 5.75 Å². The van der Waals surface area contributed by atoms with Crippen molar-refractivity contribution in [3.05, 3.63) is 54.1 Å². The van der Waals surface area contributed by atoms with Crippen LogP contribution in [0, 0.1) is 0 Å². The van der Waals surface area contributed by atoms with E-state index >= 15 is 0 Å². The standard InChI is InChI=1S/C24H30N2O7S/c1-24(2,3)33-23(28)26-14-8-11-19(26)16-32-22(27)17-9-7-10-18(15-17)25-34(29,30)21-13-6-5-12-20(21)31-4/h5-7,9-10,12-13,15,19,25H,8,11,14,16H2,1-4H3/t19-/m1/s1. The molecule has 1 atom stereocenters. The lowest BCUT2D eigenvalue weighted by Crippen LogP contribution is -2.42. The first-order chi connectivity index (χ1) is 16.0. The van der Waals surface area contributed by atoms with Crippen molar-refractivity contribution in [3.8, 4) is 5.75 Å². The number of sulfonamides is 1. The molecular weight excluding hydrogens is 460 g/mol. The summed E-state index contributed by atoms with van der Waals surface area (Å²) in [5.41, 5.74) is -0.225. The Bertz CT molecular complexity index is 1140. The Morgan fingerprint density at radius 2 is 1.85 bits per heavy atom. The van der Waals surface area contributed by atoms with Crippen LogP contribution in [-0.4, -0.2) is 57.3 Å². The van der Waals surface area contributed by atoms with Crippen molar-refractivity contribution in [2.24, 2.45) is 0 Å². The SMILES string of the molecule is COc1ccccc1S(=O)(=O)Nc1cccc(C(=O)OC[C@H]2CCCN2C(=O)OC(C)(C)C)c1. The molecule has 0 aromatic heterocycles. The zero-order valence-corrected chi connectivity index (χ0v) is 20.6. The number of likely N-dealkylation sites (tertiary alicyclic amines) is 1. The summed E-state index contributed by atoms with van der Waals surface area (Å²) in [6.45, 7) is 5.95. The van der Waals surface area contributed by atoms with E-state index in [0.29, 0.717) is 13.0 Å². The molecule has 1 saturated heterocycles. The normalized spacial score (nSPS) is 16.1. The molecule has 0 saturated carbocycles. The molecule has 9 nitrogen and oxygen atoms in total. The first-order valence-corrected chi connectivity index (χ1v) is 12.4. The molecule has 0 bridgehead atoms. The van der Waals surface area contributed by atoms with Gasteiger partial charge in [-0.25, -0.2) is 18.0 Å². The fourth-order valence-electron chi connectivity index (χ4n) is 3.59. The van der Waals surface area contributed by atoms with Crippen molar-refractivity contribution >= 4 is 27.8 Å². The second-order valence-electron chi connectivity index (χ2n) is 8.91. The summed E-state index contributed by atoms with van der Waals surface area (Å²) < 4.78 is 44.1. The second-order valence-corrected chi connectivity index (χ2v) is 10.6. The minimum absolute atomic E-state index is 0.0195. The zero-order chi connectivity index (χ0) is 24.9. The fraction of sp³-hybridized carbons (Fsp3) is 0.417. The van der Waals surface area contributed by atoms with Crippen LogP contribution in [0.1, 0.15) is 44.0 Å². The van der Waals surface area contributed by atoms with Gasteiger partial charge in [-0.15, -0.1) is 0 Å². The lowest BCUT2D eigenvalue weighted by atomic mass is 10.2. The van der Waals surface area contributed by atoms with Crippen LogP contribution in [0.2, 0.25) is 0 Å². The highest BCUT2D eigenvalue weighted by atomic mass is 32.2. The molecule has 1 heterocycles. The van der Waals surface area contributed by atoms with Gasteiger partial charge in [0.1, 0.15) is 22.9 Å². The van der Waals surface area contributed by atoms with Gasteiger partial charge < -0.3 is 19.1 Å². The van der Waals surface area contributed by atoms with Gasteiger partial charge in [-0.3, -0.25) is 4.72 Å². The number of methoxy groups -OCH3 is 1. The summed E-state index contributed by atoms with van der Waals surface area (Å²) in [6, 6.07) is 12.0.